The molecule has 0 unspecified atom stereocenters. The lowest BCUT2D eigenvalue weighted by atomic mass is 10.1. The molecule has 1 aliphatic rings. The van der Waals surface area contributed by atoms with Crippen molar-refractivity contribution < 1.29 is 23.8 Å². The monoisotopic (exact) mass is 504 g/mol. The zero-order chi connectivity index (χ0) is 22.5. The fraction of sp³-hybridized carbons (Fsp3) is 0.227. The number of benzene rings is 2. The van der Waals surface area contributed by atoms with Crippen LogP contribution in [0, 0.1) is 0 Å². The first-order valence-electron chi connectivity index (χ1n) is 9.31. The molecule has 1 saturated heterocycles. The van der Waals surface area contributed by atoms with Crippen molar-refractivity contribution in [2.45, 2.75) is 6.92 Å². The number of esters is 1. The van der Waals surface area contributed by atoms with Crippen molar-refractivity contribution in [1.82, 2.24) is 4.90 Å². The largest absolute Gasteiger partial charge is 0.496 e. The summed E-state index contributed by atoms with van der Waals surface area (Å²) >= 11 is 4.75. The summed E-state index contributed by atoms with van der Waals surface area (Å²) in [6, 6.07) is 10.3. The molecule has 0 aromatic heterocycles. The number of halogens is 1. The van der Waals surface area contributed by atoms with Crippen LogP contribution in [0.25, 0.3) is 6.08 Å². The predicted octanol–water partition coefficient (Wildman–Crippen LogP) is 4.88. The number of ether oxygens (including phenoxy) is 3. The van der Waals surface area contributed by atoms with E-state index < -0.39 is 5.97 Å². The van der Waals surface area contributed by atoms with Crippen LogP contribution in [0.5, 0.6) is 11.5 Å². The van der Waals surface area contributed by atoms with Gasteiger partial charge in [-0.05, 0) is 71.0 Å². The Morgan fingerprint density at radius 2 is 1.81 bits per heavy atom. The van der Waals surface area contributed by atoms with E-state index in [4.69, 9.17) is 14.2 Å². The number of thioether (sulfide) groups is 1. The first-order valence-corrected chi connectivity index (χ1v) is 10.9. The van der Waals surface area contributed by atoms with E-state index in [0.29, 0.717) is 39.4 Å². The number of carbonyl (C=O) groups excluding carboxylic acids is 2. The lowest BCUT2D eigenvalue weighted by Crippen LogP contribution is -2.28. The van der Waals surface area contributed by atoms with E-state index in [9.17, 15) is 9.59 Å². The number of rotatable bonds is 6. The summed E-state index contributed by atoms with van der Waals surface area (Å²) < 4.78 is 16.2. The Bertz CT molecular complexity index is 1070. The Morgan fingerprint density at radius 3 is 2.39 bits per heavy atom. The van der Waals surface area contributed by atoms with Crippen molar-refractivity contribution in [2.24, 2.45) is 4.99 Å². The fourth-order valence-electron chi connectivity index (χ4n) is 2.91. The maximum Gasteiger partial charge on any atom is 0.337 e. The molecule has 0 atom stereocenters. The minimum absolute atomic E-state index is 0.133. The summed E-state index contributed by atoms with van der Waals surface area (Å²) in [5.74, 6) is 0.682. The molecule has 0 radical (unpaired) electrons. The van der Waals surface area contributed by atoms with Gasteiger partial charge in [0.15, 0.2) is 5.17 Å². The van der Waals surface area contributed by atoms with E-state index in [1.807, 2.05) is 13.0 Å². The van der Waals surface area contributed by atoms with E-state index in [2.05, 4.69) is 20.9 Å². The van der Waals surface area contributed by atoms with Crippen molar-refractivity contribution in [3.05, 3.63) is 56.9 Å². The van der Waals surface area contributed by atoms with Crippen molar-refractivity contribution in [3.8, 4) is 11.5 Å². The lowest BCUT2D eigenvalue weighted by Gasteiger charge is -2.12. The standard InChI is InChI=1S/C22H21BrN2O5S/c1-5-25-20(26)19(11-14-10-16(23)18(29-3)12-17(14)28-2)31-22(25)24-15-8-6-13(7-9-15)21(27)30-4/h6-12H,5H2,1-4H3/b19-11+,24-22?. The molecule has 1 aliphatic heterocycles. The van der Waals surface area contributed by atoms with E-state index in [1.54, 1.807) is 55.5 Å². The average Bonchev–Trinajstić information content (AvgIpc) is 3.07. The van der Waals surface area contributed by atoms with Gasteiger partial charge in [-0.3, -0.25) is 9.69 Å². The van der Waals surface area contributed by atoms with E-state index in [1.165, 1.54) is 18.9 Å². The van der Waals surface area contributed by atoms with Crippen LogP contribution in [0.3, 0.4) is 0 Å². The summed E-state index contributed by atoms with van der Waals surface area (Å²) in [5, 5.41) is 0.566. The van der Waals surface area contributed by atoms with E-state index >= 15 is 0 Å². The topological polar surface area (TPSA) is 77.4 Å². The molecular weight excluding hydrogens is 484 g/mol. The molecule has 162 valence electrons. The molecule has 0 N–H and O–H groups in total. The molecule has 9 heteroatoms. The van der Waals surface area contributed by atoms with Gasteiger partial charge < -0.3 is 14.2 Å². The van der Waals surface area contributed by atoms with Crippen LogP contribution in [0.15, 0.2) is 50.8 Å². The molecule has 2 aromatic carbocycles. The molecule has 1 amide bonds. The normalized spacial score (nSPS) is 16.2. The van der Waals surface area contributed by atoms with Crippen LogP contribution in [-0.2, 0) is 9.53 Å². The molecule has 1 fully saturated rings. The first-order chi connectivity index (χ1) is 14.9. The van der Waals surface area contributed by atoms with Crippen molar-refractivity contribution in [2.75, 3.05) is 27.9 Å². The molecule has 31 heavy (non-hydrogen) atoms. The summed E-state index contributed by atoms with van der Waals surface area (Å²) in [6.07, 6.45) is 1.78. The number of likely N-dealkylation sites (N-methyl/N-ethyl adjacent to an activating group) is 1. The molecule has 1 heterocycles. The van der Waals surface area contributed by atoms with Gasteiger partial charge in [0.25, 0.3) is 5.91 Å². The van der Waals surface area contributed by atoms with Gasteiger partial charge in [0.2, 0.25) is 0 Å². The second-order valence-corrected chi connectivity index (χ2v) is 8.19. The molecule has 0 aliphatic carbocycles. The second-order valence-electron chi connectivity index (χ2n) is 6.32. The van der Waals surface area contributed by atoms with Gasteiger partial charge in [-0.25, -0.2) is 9.79 Å². The minimum Gasteiger partial charge on any atom is -0.496 e. The van der Waals surface area contributed by atoms with Gasteiger partial charge >= 0.3 is 5.97 Å². The van der Waals surface area contributed by atoms with Gasteiger partial charge in [-0.2, -0.15) is 0 Å². The van der Waals surface area contributed by atoms with E-state index in [-0.39, 0.29) is 5.91 Å². The number of hydrogen-bond acceptors (Lipinski definition) is 7. The first kappa shape index (κ1) is 22.9. The maximum absolute atomic E-state index is 12.9. The summed E-state index contributed by atoms with van der Waals surface area (Å²) in [5.41, 5.74) is 1.81. The number of carbonyl (C=O) groups is 2. The number of amidine groups is 1. The van der Waals surface area contributed by atoms with Crippen LogP contribution in [0.1, 0.15) is 22.8 Å². The molecule has 0 saturated carbocycles. The lowest BCUT2D eigenvalue weighted by molar-refractivity contribution is -0.122. The van der Waals surface area contributed by atoms with Gasteiger partial charge in [-0.1, -0.05) is 0 Å². The summed E-state index contributed by atoms with van der Waals surface area (Å²) in [6.45, 7) is 2.37. The van der Waals surface area contributed by atoms with Gasteiger partial charge in [-0.15, -0.1) is 0 Å². The third kappa shape index (κ3) is 4.94. The van der Waals surface area contributed by atoms with Crippen LogP contribution >= 0.6 is 27.7 Å². The highest BCUT2D eigenvalue weighted by Gasteiger charge is 2.32. The van der Waals surface area contributed by atoms with Crippen molar-refractivity contribution in [3.63, 3.8) is 0 Å². The zero-order valence-corrected chi connectivity index (χ0v) is 19.9. The molecular formula is C22H21BrN2O5S. The second kappa shape index (κ2) is 10.0. The minimum atomic E-state index is -0.412. The SMILES string of the molecule is CCN1C(=O)/C(=C\c2cc(Br)c(OC)cc2OC)SC1=Nc1ccc(C(=O)OC)cc1. The van der Waals surface area contributed by atoms with Gasteiger partial charge in [0.1, 0.15) is 11.5 Å². The highest BCUT2D eigenvalue weighted by atomic mass is 79.9. The smallest absolute Gasteiger partial charge is 0.337 e. The van der Waals surface area contributed by atoms with E-state index in [0.717, 1.165) is 10.0 Å². The Labute approximate surface area is 193 Å². The highest BCUT2D eigenvalue weighted by Crippen LogP contribution is 2.38. The molecule has 2 aromatic rings. The molecule has 3 rings (SSSR count). The number of methoxy groups -OCH3 is 3. The maximum atomic E-state index is 12.9. The van der Waals surface area contributed by atoms with Gasteiger partial charge in [0, 0.05) is 18.2 Å². The predicted molar refractivity (Wildman–Crippen MR) is 125 cm³/mol. The number of hydrogen-bond donors (Lipinski definition) is 0. The number of aliphatic imine (C=N–C) groups is 1. The van der Waals surface area contributed by atoms with Crippen LogP contribution in [0.2, 0.25) is 0 Å². The zero-order valence-electron chi connectivity index (χ0n) is 17.5. The number of amides is 1. The number of nitrogens with zero attached hydrogens (tertiary/aromatic N) is 2. The Kier molecular flexibility index (Phi) is 7.40. The van der Waals surface area contributed by atoms with Crippen LogP contribution < -0.4 is 9.47 Å². The van der Waals surface area contributed by atoms with Gasteiger partial charge in [0.05, 0.1) is 42.0 Å². The average molecular weight is 505 g/mol. The van der Waals surface area contributed by atoms with Crippen molar-refractivity contribution in [1.29, 1.82) is 0 Å². The third-order valence-corrected chi connectivity index (χ3v) is 6.13. The molecule has 0 bridgehead atoms. The Morgan fingerprint density at radius 1 is 1.13 bits per heavy atom. The quantitative estimate of drug-likeness (QED) is 0.412. The van der Waals surface area contributed by atoms with Crippen molar-refractivity contribution >= 4 is 56.5 Å². The van der Waals surface area contributed by atoms with Crippen LogP contribution in [-0.4, -0.2) is 49.8 Å². The Balaban J connectivity index is 1.94. The van der Waals surface area contributed by atoms with Crippen LogP contribution in [0.4, 0.5) is 5.69 Å². The fourth-order valence-corrected chi connectivity index (χ4v) is 4.48. The molecule has 0 spiro atoms. The Hall–Kier alpha value is -2.78. The highest BCUT2D eigenvalue weighted by molar-refractivity contribution is 9.10. The molecule has 7 nitrogen and oxygen atoms in total. The summed E-state index contributed by atoms with van der Waals surface area (Å²) in [7, 11) is 4.48. The third-order valence-electron chi connectivity index (χ3n) is 4.51. The summed E-state index contributed by atoms with van der Waals surface area (Å²) in [4.78, 5) is 31.3.